The molecule has 1 amide bonds. The van der Waals surface area contributed by atoms with Crippen LogP contribution in [-0.4, -0.2) is 25.1 Å². The van der Waals surface area contributed by atoms with E-state index >= 15 is 0 Å². The minimum atomic E-state index is -1.13. The second-order valence-corrected chi connectivity index (χ2v) is 5.83. The van der Waals surface area contributed by atoms with Crippen LogP contribution in [0.2, 0.25) is 10.0 Å². The summed E-state index contributed by atoms with van der Waals surface area (Å²) in [4.78, 5) is 24.2. The van der Waals surface area contributed by atoms with Crippen molar-refractivity contribution in [3.05, 3.63) is 57.8 Å². The zero-order chi connectivity index (χ0) is 18.6. The van der Waals surface area contributed by atoms with Gasteiger partial charge in [0.25, 0.3) is 5.91 Å². The number of rotatable bonds is 5. The van der Waals surface area contributed by atoms with Crippen LogP contribution in [0.3, 0.4) is 0 Å². The van der Waals surface area contributed by atoms with Crippen LogP contribution in [0, 0.1) is 5.82 Å². The summed E-state index contributed by atoms with van der Waals surface area (Å²) in [7, 11) is 1.50. The number of amides is 1. The predicted molar refractivity (Wildman–Crippen MR) is 92.9 cm³/mol. The van der Waals surface area contributed by atoms with Gasteiger partial charge in [0.15, 0.2) is 6.10 Å². The number of esters is 1. The van der Waals surface area contributed by atoms with Gasteiger partial charge in [-0.2, -0.15) is 0 Å². The standard InChI is InChI=1S/C17H14Cl2FNO4/c1-9(16(22)21-10-4-3-5-11(6-10)24-2)25-17(23)12-7-15(20)14(19)8-13(12)18/h3-9H,1-2H3,(H,21,22)/t9-/m0/s1. The number of hydrogen-bond donors (Lipinski definition) is 1. The summed E-state index contributed by atoms with van der Waals surface area (Å²) < 4.78 is 23.6. The van der Waals surface area contributed by atoms with Crippen LogP contribution in [0.25, 0.3) is 0 Å². The molecule has 1 N–H and O–H groups in total. The lowest BCUT2D eigenvalue weighted by Crippen LogP contribution is -2.30. The van der Waals surface area contributed by atoms with E-state index in [9.17, 15) is 14.0 Å². The fourth-order valence-electron chi connectivity index (χ4n) is 1.90. The molecular weight excluding hydrogens is 372 g/mol. The number of anilines is 1. The van der Waals surface area contributed by atoms with Gasteiger partial charge in [0.2, 0.25) is 0 Å². The summed E-state index contributed by atoms with van der Waals surface area (Å²) in [5.41, 5.74) is 0.257. The molecule has 132 valence electrons. The largest absolute Gasteiger partial charge is 0.497 e. The van der Waals surface area contributed by atoms with Gasteiger partial charge in [-0.25, -0.2) is 9.18 Å². The van der Waals surface area contributed by atoms with Crippen molar-refractivity contribution in [1.29, 1.82) is 0 Å². The Balaban J connectivity index is 2.05. The van der Waals surface area contributed by atoms with Crippen LogP contribution in [0.15, 0.2) is 36.4 Å². The average molecular weight is 386 g/mol. The zero-order valence-electron chi connectivity index (χ0n) is 13.3. The first-order valence-electron chi connectivity index (χ1n) is 7.12. The smallest absolute Gasteiger partial charge is 0.340 e. The van der Waals surface area contributed by atoms with Gasteiger partial charge in [0, 0.05) is 11.8 Å². The molecule has 0 heterocycles. The van der Waals surface area contributed by atoms with Crippen LogP contribution in [0.1, 0.15) is 17.3 Å². The lowest BCUT2D eigenvalue weighted by atomic mass is 10.2. The second kappa shape index (κ2) is 8.18. The molecule has 2 aromatic carbocycles. The van der Waals surface area contributed by atoms with Crippen molar-refractivity contribution in [2.75, 3.05) is 12.4 Å². The Morgan fingerprint density at radius 2 is 1.88 bits per heavy atom. The zero-order valence-corrected chi connectivity index (χ0v) is 14.8. The molecular formula is C17H14Cl2FNO4. The van der Waals surface area contributed by atoms with Crippen molar-refractivity contribution < 1.29 is 23.5 Å². The maximum atomic E-state index is 13.5. The third-order valence-electron chi connectivity index (χ3n) is 3.22. The van der Waals surface area contributed by atoms with Crippen molar-refractivity contribution in [3.63, 3.8) is 0 Å². The number of benzene rings is 2. The molecule has 0 spiro atoms. The fourth-order valence-corrected chi connectivity index (χ4v) is 2.36. The van der Waals surface area contributed by atoms with Crippen LogP contribution in [0.4, 0.5) is 10.1 Å². The number of carbonyl (C=O) groups excluding carboxylic acids is 2. The van der Waals surface area contributed by atoms with Gasteiger partial charge in [-0.05, 0) is 31.2 Å². The molecule has 0 unspecified atom stereocenters. The maximum absolute atomic E-state index is 13.5. The molecule has 0 fully saturated rings. The van der Waals surface area contributed by atoms with Crippen molar-refractivity contribution in [1.82, 2.24) is 0 Å². The van der Waals surface area contributed by atoms with Crippen LogP contribution in [0.5, 0.6) is 5.75 Å². The average Bonchev–Trinajstić information content (AvgIpc) is 2.58. The highest BCUT2D eigenvalue weighted by Crippen LogP contribution is 2.25. The van der Waals surface area contributed by atoms with Gasteiger partial charge < -0.3 is 14.8 Å². The summed E-state index contributed by atoms with van der Waals surface area (Å²) in [6.07, 6.45) is -1.13. The van der Waals surface area contributed by atoms with Crippen molar-refractivity contribution in [3.8, 4) is 5.75 Å². The first kappa shape index (κ1) is 19.0. The maximum Gasteiger partial charge on any atom is 0.340 e. The van der Waals surface area contributed by atoms with Gasteiger partial charge in [-0.3, -0.25) is 4.79 Å². The van der Waals surface area contributed by atoms with Crippen LogP contribution in [-0.2, 0) is 9.53 Å². The summed E-state index contributed by atoms with van der Waals surface area (Å²) in [6.45, 7) is 1.38. The van der Waals surface area contributed by atoms with Gasteiger partial charge >= 0.3 is 5.97 Å². The normalized spacial score (nSPS) is 11.6. The first-order valence-corrected chi connectivity index (χ1v) is 7.88. The lowest BCUT2D eigenvalue weighted by Gasteiger charge is -2.14. The summed E-state index contributed by atoms with van der Waals surface area (Å²) >= 11 is 11.4. The fraction of sp³-hybridized carbons (Fsp3) is 0.176. The Labute approximate surface area is 153 Å². The molecule has 0 saturated carbocycles. The van der Waals surface area contributed by atoms with Gasteiger partial charge in [0.05, 0.1) is 22.7 Å². The molecule has 0 aliphatic heterocycles. The van der Waals surface area contributed by atoms with Gasteiger partial charge in [-0.15, -0.1) is 0 Å². The molecule has 1 atom stereocenters. The van der Waals surface area contributed by atoms with Crippen LogP contribution >= 0.6 is 23.2 Å². The topological polar surface area (TPSA) is 64.6 Å². The Morgan fingerprint density at radius 3 is 2.56 bits per heavy atom. The Hall–Kier alpha value is -2.31. The van der Waals surface area contributed by atoms with Gasteiger partial charge in [0.1, 0.15) is 11.6 Å². The van der Waals surface area contributed by atoms with E-state index < -0.39 is 23.8 Å². The molecule has 5 nitrogen and oxygen atoms in total. The quantitative estimate of drug-likeness (QED) is 0.614. The second-order valence-electron chi connectivity index (χ2n) is 5.01. The minimum Gasteiger partial charge on any atom is -0.497 e. The molecule has 0 aromatic heterocycles. The number of halogens is 3. The van der Waals surface area contributed by atoms with E-state index in [1.807, 2.05) is 0 Å². The Bertz CT molecular complexity index is 813. The van der Waals surface area contributed by atoms with E-state index in [4.69, 9.17) is 32.7 Å². The van der Waals surface area contributed by atoms with Gasteiger partial charge in [-0.1, -0.05) is 29.3 Å². The lowest BCUT2D eigenvalue weighted by molar-refractivity contribution is -0.123. The number of methoxy groups -OCH3 is 1. The highest BCUT2D eigenvalue weighted by Gasteiger charge is 2.22. The molecule has 0 radical (unpaired) electrons. The molecule has 2 rings (SSSR count). The SMILES string of the molecule is COc1cccc(NC(=O)[C@H](C)OC(=O)c2cc(F)c(Cl)cc2Cl)c1. The summed E-state index contributed by atoms with van der Waals surface area (Å²) in [5.74, 6) is -1.75. The van der Waals surface area contributed by atoms with E-state index in [0.717, 1.165) is 12.1 Å². The van der Waals surface area contributed by atoms with E-state index in [0.29, 0.717) is 11.4 Å². The molecule has 0 aliphatic rings. The number of nitrogens with one attached hydrogen (secondary N) is 1. The van der Waals surface area contributed by atoms with E-state index in [-0.39, 0.29) is 15.6 Å². The third kappa shape index (κ3) is 4.84. The molecule has 0 aliphatic carbocycles. The number of ether oxygens (including phenoxy) is 2. The van der Waals surface area contributed by atoms with Crippen LogP contribution < -0.4 is 10.1 Å². The predicted octanol–water partition coefficient (Wildman–Crippen LogP) is 4.33. The number of hydrogen-bond acceptors (Lipinski definition) is 4. The van der Waals surface area contributed by atoms with Crippen molar-refractivity contribution in [2.24, 2.45) is 0 Å². The Kier molecular flexibility index (Phi) is 6.22. The molecule has 2 aromatic rings. The highest BCUT2D eigenvalue weighted by molar-refractivity contribution is 6.36. The van der Waals surface area contributed by atoms with Crippen molar-refractivity contribution in [2.45, 2.75) is 13.0 Å². The molecule has 0 bridgehead atoms. The highest BCUT2D eigenvalue weighted by atomic mass is 35.5. The molecule has 25 heavy (non-hydrogen) atoms. The molecule has 8 heteroatoms. The summed E-state index contributed by atoms with van der Waals surface area (Å²) in [6, 6.07) is 8.63. The number of carbonyl (C=O) groups is 2. The van der Waals surface area contributed by atoms with Crippen molar-refractivity contribution >= 4 is 40.8 Å². The first-order chi connectivity index (χ1) is 11.8. The van der Waals surface area contributed by atoms with E-state index in [1.165, 1.54) is 14.0 Å². The monoisotopic (exact) mass is 385 g/mol. The summed E-state index contributed by atoms with van der Waals surface area (Å²) in [5, 5.41) is 2.29. The van der Waals surface area contributed by atoms with E-state index in [1.54, 1.807) is 24.3 Å². The third-order valence-corrected chi connectivity index (χ3v) is 3.82. The minimum absolute atomic E-state index is 0.0724. The molecule has 0 saturated heterocycles. The van der Waals surface area contributed by atoms with E-state index in [2.05, 4.69) is 5.32 Å². The Morgan fingerprint density at radius 1 is 1.16 bits per heavy atom.